The second-order valence-corrected chi connectivity index (χ2v) is 2.21. The topological polar surface area (TPSA) is 38.3 Å². The normalized spacial score (nSPS) is 9.08. The Morgan fingerprint density at radius 2 is 2.08 bits per heavy atom. The van der Waals surface area contributed by atoms with Crippen molar-refractivity contribution in [1.82, 2.24) is 0 Å². The molecule has 0 aliphatic heterocycles. The Morgan fingerprint density at radius 1 is 1.42 bits per heavy atom. The molecule has 0 aliphatic rings. The number of nitrogens with one attached hydrogen (secondary N) is 1. The van der Waals surface area contributed by atoms with Gasteiger partial charge in [0, 0.05) is 12.7 Å². The van der Waals surface area contributed by atoms with Crippen LogP contribution in [-0.4, -0.2) is 19.9 Å². The zero-order valence-electron chi connectivity index (χ0n) is 6.83. The van der Waals surface area contributed by atoms with Crippen molar-refractivity contribution < 1.29 is 9.53 Å². The third kappa shape index (κ3) is 2.27. The van der Waals surface area contributed by atoms with Crippen molar-refractivity contribution in [2.24, 2.45) is 0 Å². The molecule has 1 aromatic carbocycles. The Balaban J connectivity index is 2.58. The van der Waals surface area contributed by atoms with E-state index < -0.39 is 0 Å². The maximum atomic E-state index is 9.84. The Labute approximate surface area is 71.4 Å². The third-order valence-electron chi connectivity index (χ3n) is 1.44. The molecule has 3 heteroatoms. The minimum atomic E-state index is -0.0150. The number of ether oxygens (including phenoxy) is 1. The van der Waals surface area contributed by atoms with Gasteiger partial charge >= 0.3 is 0 Å². The van der Waals surface area contributed by atoms with E-state index in [4.69, 9.17) is 4.74 Å². The van der Waals surface area contributed by atoms with Crippen LogP contribution in [0.5, 0.6) is 5.75 Å². The predicted molar refractivity (Wildman–Crippen MR) is 47.2 cm³/mol. The smallest absolute Gasteiger partial charge is 0.239 e. The summed E-state index contributed by atoms with van der Waals surface area (Å²) >= 11 is 0. The Morgan fingerprint density at radius 3 is 2.58 bits per heavy atom. The van der Waals surface area contributed by atoms with Gasteiger partial charge in [0.15, 0.2) is 6.61 Å². The fraction of sp³-hybridized carbons (Fsp3) is 0.222. The highest BCUT2D eigenvalue weighted by Gasteiger charge is 1.92. The molecule has 0 saturated heterocycles. The highest BCUT2D eigenvalue weighted by atomic mass is 16.5. The van der Waals surface area contributed by atoms with Gasteiger partial charge in [-0.2, -0.15) is 0 Å². The summed E-state index contributed by atoms with van der Waals surface area (Å²) in [5, 5.41) is 2.98. The number of hydrogen-bond donors (Lipinski definition) is 1. The fourth-order valence-corrected chi connectivity index (χ4v) is 0.831. The molecule has 0 amide bonds. The van der Waals surface area contributed by atoms with Gasteiger partial charge < -0.3 is 10.1 Å². The molecule has 0 aliphatic carbocycles. The number of benzene rings is 1. The molecule has 1 N–H and O–H groups in total. The molecule has 0 atom stereocenters. The van der Waals surface area contributed by atoms with Crippen molar-refractivity contribution in [2.45, 2.75) is 0 Å². The van der Waals surface area contributed by atoms with Gasteiger partial charge in [-0.15, -0.1) is 0 Å². The van der Waals surface area contributed by atoms with Crippen molar-refractivity contribution in [3.63, 3.8) is 0 Å². The van der Waals surface area contributed by atoms with E-state index in [0.717, 1.165) is 5.69 Å². The number of anilines is 1. The van der Waals surface area contributed by atoms with Gasteiger partial charge in [0.2, 0.25) is 6.29 Å². The molecule has 3 nitrogen and oxygen atoms in total. The second kappa shape index (κ2) is 4.38. The average Bonchev–Trinajstić information content (AvgIpc) is 2.15. The highest BCUT2D eigenvalue weighted by Crippen LogP contribution is 2.14. The van der Waals surface area contributed by atoms with E-state index in [1.165, 1.54) is 0 Å². The van der Waals surface area contributed by atoms with Crippen LogP contribution in [0.4, 0.5) is 5.69 Å². The van der Waals surface area contributed by atoms with E-state index in [2.05, 4.69) is 5.32 Å². The molecule has 0 bridgehead atoms. The Kier molecular flexibility index (Phi) is 3.14. The van der Waals surface area contributed by atoms with E-state index in [-0.39, 0.29) is 6.61 Å². The number of carbonyl (C=O) groups excluding carboxylic acids is 1. The van der Waals surface area contributed by atoms with Crippen LogP contribution < -0.4 is 10.1 Å². The Bertz CT molecular complexity index is 243. The largest absolute Gasteiger partial charge is 0.485 e. The van der Waals surface area contributed by atoms with Crippen LogP contribution in [0, 0.1) is 0 Å². The number of hydrogen-bond acceptors (Lipinski definition) is 3. The van der Waals surface area contributed by atoms with Gasteiger partial charge in [0.1, 0.15) is 5.75 Å². The highest BCUT2D eigenvalue weighted by molar-refractivity contribution is 5.53. The molecular formula is C9H10NO2. The lowest BCUT2D eigenvalue weighted by Crippen LogP contribution is -1.97. The summed E-state index contributed by atoms with van der Waals surface area (Å²) in [6.45, 7) is -0.0150. The molecule has 0 fully saturated rings. The molecule has 0 saturated carbocycles. The van der Waals surface area contributed by atoms with Crippen LogP contribution in [-0.2, 0) is 4.79 Å². The van der Waals surface area contributed by atoms with Crippen LogP contribution in [0.15, 0.2) is 24.3 Å². The quantitative estimate of drug-likeness (QED) is 0.727. The third-order valence-corrected chi connectivity index (χ3v) is 1.44. The van der Waals surface area contributed by atoms with E-state index >= 15 is 0 Å². The van der Waals surface area contributed by atoms with E-state index in [1.807, 2.05) is 19.2 Å². The van der Waals surface area contributed by atoms with Crippen molar-refractivity contribution >= 4 is 12.0 Å². The molecule has 12 heavy (non-hydrogen) atoms. The van der Waals surface area contributed by atoms with Crippen molar-refractivity contribution in [3.8, 4) is 5.75 Å². The Hall–Kier alpha value is -1.51. The first-order chi connectivity index (χ1) is 5.86. The standard InChI is InChI=1S/C9H10NO2/c1-10-8-2-4-9(5-3-8)12-7-6-11/h2-5,10H,7H2,1H3. The van der Waals surface area contributed by atoms with Gasteiger partial charge in [-0.1, -0.05) is 0 Å². The molecule has 0 unspecified atom stereocenters. The summed E-state index contributed by atoms with van der Waals surface area (Å²) in [4.78, 5) is 9.84. The van der Waals surface area contributed by atoms with E-state index in [1.54, 1.807) is 18.4 Å². The van der Waals surface area contributed by atoms with Gasteiger partial charge in [0.05, 0.1) is 0 Å². The minimum Gasteiger partial charge on any atom is -0.485 e. The first kappa shape index (κ1) is 8.59. The maximum absolute atomic E-state index is 9.84. The lowest BCUT2D eigenvalue weighted by Gasteiger charge is -2.02. The summed E-state index contributed by atoms with van der Waals surface area (Å²) in [6, 6.07) is 7.34. The summed E-state index contributed by atoms with van der Waals surface area (Å²) in [7, 11) is 1.84. The van der Waals surface area contributed by atoms with Gasteiger partial charge in [-0.25, -0.2) is 0 Å². The summed E-state index contributed by atoms with van der Waals surface area (Å²) in [6.07, 6.45) is 1.66. The second-order valence-electron chi connectivity index (χ2n) is 2.21. The van der Waals surface area contributed by atoms with Gasteiger partial charge in [-0.05, 0) is 24.3 Å². The SMILES string of the molecule is CNc1ccc(OC[C]=O)cc1. The summed E-state index contributed by atoms with van der Waals surface area (Å²) < 4.78 is 5.00. The number of rotatable bonds is 4. The van der Waals surface area contributed by atoms with Crippen molar-refractivity contribution in [3.05, 3.63) is 24.3 Å². The summed E-state index contributed by atoms with van der Waals surface area (Å²) in [5.74, 6) is 0.678. The lowest BCUT2D eigenvalue weighted by molar-refractivity contribution is 0.365. The van der Waals surface area contributed by atoms with Gasteiger partial charge in [-0.3, -0.25) is 4.79 Å². The zero-order chi connectivity index (χ0) is 8.81. The van der Waals surface area contributed by atoms with Crippen LogP contribution in [0.25, 0.3) is 0 Å². The first-order valence-electron chi connectivity index (χ1n) is 3.62. The molecule has 1 aromatic rings. The first-order valence-corrected chi connectivity index (χ1v) is 3.62. The minimum absolute atomic E-state index is 0.0150. The molecule has 0 aromatic heterocycles. The molecule has 63 valence electrons. The molecule has 1 rings (SSSR count). The maximum Gasteiger partial charge on any atom is 0.239 e. The zero-order valence-corrected chi connectivity index (χ0v) is 6.83. The monoisotopic (exact) mass is 164 g/mol. The van der Waals surface area contributed by atoms with Crippen LogP contribution in [0.2, 0.25) is 0 Å². The van der Waals surface area contributed by atoms with Crippen LogP contribution in [0.1, 0.15) is 0 Å². The van der Waals surface area contributed by atoms with Gasteiger partial charge in [0.25, 0.3) is 0 Å². The molecular weight excluding hydrogens is 154 g/mol. The lowest BCUT2D eigenvalue weighted by atomic mass is 10.3. The van der Waals surface area contributed by atoms with E-state index in [9.17, 15) is 4.79 Å². The summed E-state index contributed by atoms with van der Waals surface area (Å²) in [5.41, 5.74) is 1.01. The predicted octanol–water partition coefficient (Wildman–Crippen LogP) is 1.22. The van der Waals surface area contributed by atoms with Crippen LogP contribution in [0.3, 0.4) is 0 Å². The van der Waals surface area contributed by atoms with Crippen LogP contribution >= 0.6 is 0 Å². The molecule has 0 spiro atoms. The average molecular weight is 164 g/mol. The van der Waals surface area contributed by atoms with Crippen molar-refractivity contribution in [2.75, 3.05) is 19.0 Å². The molecule has 0 heterocycles. The molecule has 1 radical (unpaired) electrons. The van der Waals surface area contributed by atoms with E-state index in [0.29, 0.717) is 5.75 Å². The van der Waals surface area contributed by atoms with Crippen molar-refractivity contribution in [1.29, 1.82) is 0 Å². The fourth-order valence-electron chi connectivity index (χ4n) is 0.831.